The summed E-state index contributed by atoms with van der Waals surface area (Å²) in [7, 11) is 0. The minimum atomic E-state index is -1.06. The van der Waals surface area contributed by atoms with Crippen LogP contribution in [0.25, 0.3) is 11.3 Å². The van der Waals surface area contributed by atoms with E-state index in [-0.39, 0.29) is 5.56 Å². The quantitative estimate of drug-likeness (QED) is 0.732. The molecule has 3 nitrogen and oxygen atoms in total. The Hall–Kier alpha value is -2.95. The lowest BCUT2D eigenvalue weighted by Crippen LogP contribution is -2.07. The lowest BCUT2D eigenvalue weighted by molar-refractivity contribution is 0.0696. The molecule has 2 aromatic carbocycles. The van der Waals surface area contributed by atoms with Crippen LogP contribution in [0.3, 0.4) is 0 Å². The van der Waals surface area contributed by atoms with Gasteiger partial charge in [0.1, 0.15) is 11.6 Å². The molecule has 0 spiro atoms. The molecule has 0 fully saturated rings. The third-order valence-electron chi connectivity index (χ3n) is 4.22. The molecule has 1 N–H and O–H groups in total. The summed E-state index contributed by atoms with van der Waals surface area (Å²) in [5.41, 5.74) is 2.60. The van der Waals surface area contributed by atoms with Crippen molar-refractivity contribution in [2.45, 2.75) is 19.9 Å². The van der Waals surface area contributed by atoms with Crippen molar-refractivity contribution in [1.82, 2.24) is 4.57 Å². The number of halogens is 2. The monoisotopic (exact) mass is 341 g/mol. The molecule has 0 unspecified atom stereocenters. The number of aromatic nitrogens is 1. The number of benzene rings is 2. The fraction of sp³-hybridized carbons (Fsp3) is 0.150. The Balaban J connectivity index is 2.04. The number of nitrogens with zero attached hydrogens (tertiary/aromatic N) is 1. The van der Waals surface area contributed by atoms with Crippen molar-refractivity contribution in [1.29, 1.82) is 0 Å². The fourth-order valence-corrected chi connectivity index (χ4v) is 2.98. The maximum atomic E-state index is 13.6. The van der Waals surface area contributed by atoms with Gasteiger partial charge in [0.15, 0.2) is 0 Å². The molecule has 0 aliphatic rings. The molecule has 0 bridgehead atoms. The molecule has 128 valence electrons. The van der Waals surface area contributed by atoms with E-state index in [4.69, 9.17) is 0 Å². The number of carbonyl (C=O) groups is 1. The second kappa shape index (κ2) is 6.89. The van der Waals surface area contributed by atoms with Crippen molar-refractivity contribution < 1.29 is 18.7 Å². The average Bonchev–Trinajstić information content (AvgIpc) is 2.90. The van der Waals surface area contributed by atoms with Gasteiger partial charge in [0, 0.05) is 29.6 Å². The summed E-state index contributed by atoms with van der Waals surface area (Å²) < 4.78 is 29.0. The van der Waals surface area contributed by atoms with Crippen LogP contribution in [-0.4, -0.2) is 15.6 Å². The predicted octanol–water partition coefficient (Wildman–Crippen LogP) is 4.68. The van der Waals surface area contributed by atoms with Crippen molar-refractivity contribution >= 4 is 5.97 Å². The lowest BCUT2D eigenvalue weighted by Gasteiger charge is -2.12. The van der Waals surface area contributed by atoms with Crippen LogP contribution in [-0.2, 0) is 13.0 Å². The lowest BCUT2D eigenvalue weighted by atomic mass is 10.1. The summed E-state index contributed by atoms with van der Waals surface area (Å²) in [6, 6.07) is 14.4. The number of hydrogen-bond donors (Lipinski definition) is 1. The van der Waals surface area contributed by atoms with E-state index in [0.717, 1.165) is 11.6 Å². The third-order valence-corrected chi connectivity index (χ3v) is 4.22. The van der Waals surface area contributed by atoms with Gasteiger partial charge in [-0.25, -0.2) is 13.6 Å². The molecular formula is C20H17F2NO2. The van der Waals surface area contributed by atoms with Gasteiger partial charge in [-0.05, 0) is 37.1 Å². The first kappa shape index (κ1) is 16.9. The van der Waals surface area contributed by atoms with E-state index in [9.17, 15) is 18.7 Å². The van der Waals surface area contributed by atoms with Crippen LogP contribution in [0.4, 0.5) is 8.78 Å². The zero-order chi connectivity index (χ0) is 18.0. The van der Waals surface area contributed by atoms with Gasteiger partial charge >= 0.3 is 5.97 Å². The highest BCUT2D eigenvalue weighted by Gasteiger charge is 2.18. The summed E-state index contributed by atoms with van der Waals surface area (Å²) in [6.45, 7) is 2.21. The third kappa shape index (κ3) is 3.60. The topological polar surface area (TPSA) is 42.2 Å². The number of carboxylic acid groups (broad SMARTS) is 1. The molecule has 1 heterocycles. The van der Waals surface area contributed by atoms with E-state index in [1.165, 1.54) is 18.2 Å². The van der Waals surface area contributed by atoms with Crippen LogP contribution in [0.5, 0.6) is 0 Å². The van der Waals surface area contributed by atoms with Crippen LogP contribution in [0.1, 0.15) is 21.6 Å². The molecule has 0 atom stereocenters. The molecule has 0 aliphatic carbocycles. The Morgan fingerprint density at radius 3 is 2.28 bits per heavy atom. The van der Waals surface area contributed by atoms with Crippen LogP contribution >= 0.6 is 0 Å². The molecule has 0 aliphatic heterocycles. The first-order valence-corrected chi connectivity index (χ1v) is 7.89. The maximum Gasteiger partial charge on any atom is 0.337 e. The van der Waals surface area contributed by atoms with Gasteiger partial charge < -0.3 is 9.67 Å². The Morgan fingerprint density at radius 2 is 1.68 bits per heavy atom. The molecule has 25 heavy (non-hydrogen) atoms. The highest BCUT2D eigenvalue weighted by Crippen LogP contribution is 2.28. The van der Waals surface area contributed by atoms with Crippen molar-refractivity contribution in [2.75, 3.05) is 0 Å². The maximum absolute atomic E-state index is 13.6. The summed E-state index contributed by atoms with van der Waals surface area (Å²) in [5, 5.41) is 9.38. The predicted molar refractivity (Wildman–Crippen MR) is 91.6 cm³/mol. The Bertz CT molecular complexity index is 897. The minimum absolute atomic E-state index is 0.132. The van der Waals surface area contributed by atoms with Crippen LogP contribution in [0, 0.1) is 18.6 Å². The number of carboxylic acids is 1. The summed E-state index contributed by atoms with van der Waals surface area (Å²) >= 11 is 0. The van der Waals surface area contributed by atoms with Gasteiger partial charge in [-0.15, -0.1) is 0 Å². The van der Waals surface area contributed by atoms with Gasteiger partial charge in [0.05, 0.1) is 5.56 Å². The largest absolute Gasteiger partial charge is 0.478 e. The van der Waals surface area contributed by atoms with Gasteiger partial charge in [-0.1, -0.05) is 30.3 Å². The van der Waals surface area contributed by atoms with Crippen molar-refractivity contribution in [3.63, 3.8) is 0 Å². The molecule has 3 rings (SSSR count). The van der Waals surface area contributed by atoms with Crippen LogP contribution in [0.15, 0.2) is 54.6 Å². The normalized spacial score (nSPS) is 10.8. The molecule has 5 heteroatoms. The Morgan fingerprint density at radius 1 is 1.04 bits per heavy atom. The zero-order valence-corrected chi connectivity index (χ0v) is 13.7. The van der Waals surface area contributed by atoms with Crippen LogP contribution < -0.4 is 0 Å². The molecule has 1 aromatic heterocycles. The first-order chi connectivity index (χ1) is 12.0. The smallest absolute Gasteiger partial charge is 0.337 e. The SMILES string of the molecule is Cc1c(C(=O)O)cc(-c2cc(F)cc(F)c2)n1CCc1ccccc1. The summed E-state index contributed by atoms with van der Waals surface area (Å²) in [5.74, 6) is -2.45. The highest BCUT2D eigenvalue weighted by atomic mass is 19.1. The van der Waals surface area contributed by atoms with E-state index in [2.05, 4.69) is 0 Å². The number of hydrogen-bond acceptors (Lipinski definition) is 1. The molecular weight excluding hydrogens is 324 g/mol. The van der Waals surface area contributed by atoms with Crippen LogP contribution in [0.2, 0.25) is 0 Å². The molecule has 0 radical (unpaired) electrons. The number of aryl methyl sites for hydroxylation is 1. The fourth-order valence-electron chi connectivity index (χ4n) is 2.98. The summed E-state index contributed by atoms with van der Waals surface area (Å²) in [4.78, 5) is 11.5. The molecule has 0 amide bonds. The number of rotatable bonds is 5. The number of aromatic carboxylic acids is 1. The molecule has 3 aromatic rings. The van der Waals surface area contributed by atoms with E-state index < -0.39 is 17.6 Å². The molecule has 0 saturated carbocycles. The van der Waals surface area contributed by atoms with E-state index in [1.54, 1.807) is 11.5 Å². The Labute approximate surface area is 144 Å². The van der Waals surface area contributed by atoms with E-state index >= 15 is 0 Å². The Kier molecular flexibility index (Phi) is 4.65. The van der Waals surface area contributed by atoms with Gasteiger partial charge in [0.25, 0.3) is 0 Å². The zero-order valence-electron chi connectivity index (χ0n) is 13.7. The van der Waals surface area contributed by atoms with Crippen molar-refractivity contribution in [2.24, 2.45) is 0 Å². The standard InChI is InChI=1S/C20H17F2NO2/c1-13-18(20(24)25)12-19(15-9-16(21)11-17(22)10-15)23(13)8-7-14-5-3-2-4-6-14/h2-6,9-12H,7-8H2,1H3,(H,24,25). The van der Waals surface area contributed by atoms with Crippen molar-refractivity contribution in [3.8, 4) is 11.3 Å². The first-order valence-electron chi connectivity index (χ1n) is 7.89. The summed E-state index contributed by atoms with van der Waals surface area (Å²) in [6.07, 6.45) is 0.681. The van der Waals surface area contributed by atoms with Gasteiger partial charge in [-0.3, -0.25) is 0 Å². The van der Waals surface area contributed by atoms with Gasteiger partial charge in [0.2, 0.25) is 0 Å². The minimum Gasteiger partial charge on any atom is -0.478 e. The average molecular weight is 341 g/mol. The second-order valence-corrected chi connectivity index (χ2v) is 5.88. The van der Waals surface area contributed by atoms with E-state index in [0.29, 0.717) is 29.9 Å². The van der Waals surface area contributed by atoms with Gasteiger partial charge in [-0.2, -0.15) is 0 Å². The van der Waals surface area contributed by atoms with Crippen molar-refractivity contribution in [3.05, 3.63) is 83.1 Å². The second-order valence-electron chi connectivity index (χ2n) is 5.88. The highest BCUT2D eigenvalue weighted by molar-refractivity contribution is 5.91. The van der Waals surface area contributed by atoms with E-state index in [1.807, 2.05) is 30.3 Å². The molecule has 0 saturated heterocycles.